The van der Waals surface area contributed by atoms with E-state index in [-0.39, 0.29) is 11.3 Å². The van der Waals surface area contributed by atoms with Crippen LogP contribution in [0.1, 0.15) is 21.6 Å². The highest BCUT2D eigenvalue weighted by atomic mass is 32.2. The molecule has 7 nitrogen and oxygen atoms in total. The number of hydrogen-bond donors (Lipinski definition) is 2. The van der Waals surface area contributed by atoms with Gasteiger partial charge in [0.15, 0.2) is 5.16 Å². The first kappa shape index (κ1) is 21.5. The molecule has 0 aliphatic rings. The zero-order valence-corrected chi connectivity index (χ0v) is 18.2. The van der Waals surface area contributed by atoms with E-state index in [1.165, 1.54) is 30.0 Å². The number of halogens is 1. The quantitative estimate of drug-likeness (QED) is 0.358. The molecule has 32 heavy (non-hydrogen) atoms. The zero-order valence-electron chi connectivity index (χ0n) is 17.4. The minimum atomic E-state index is -0.730. The lowest BCUT2D eigenvalue weighted by Crippen LogP contribution is -2.42. The Morgan fingerprint density at radius 3 is 2.50 bits per heavy atom. The molecule has 2 aromatic carbocycles. The maximum absolute atomic E-state index is 13.7. The average Bonchev–Trinajstić information content (AvgIpc) is 3.15. The van der Waals surface area contributed by atoms with Gasteiger partial charge >= 0.3 is 0 Å². The number of benzene rings is 2. The second kappa shape index (κ2) is 9.19. The van der Waals surface area contributed by atoms with E-state index in [2.05, 4.69) is 16.0 Å². The van der Waals surface area contributed by atoms with Crippen molar-refractivity contribution in [3.05, 3.63) is 83.3 Å². The van der Waals surface area contributed by atoms with Gasteiger partial charge in [0.05, 0.1) is 28.2 Å². The molecule has 4 aromatic rings. The summed E-state index contributed by atoms with van der Waals surface area (Å²) in [6.45, 7) is 3.89. The van der Waals surface area contributed by atoms with Crippen molar-refractivity contribution in [2.75, 3.05) is 5.75 Å². The Labute approximate surface area is 188 Å². The van der Waals surface area contributed by atoms with Crippen molar-refractivity contribution in [1.82, 2.24) is 25.4 Å². The molecular formula is C23H20FN5O2S. The summed E-state index contributed by atoms with van der Waals surface area (Å²) in [5.74, 6) is -1.86. The number of fused-ring (bicyclic) bond motifs is 1. The number of hydrazine groups is 1. The molecule has 0 aliphatic heterocycles. The fourth-order valence-corrected chi connectivity index (χ4v) is 4.05. The minimum absolute atomic E-state index is 0.0143. The predicted molar refractivity (Wildman–Crippen MR) is 121 cm³/mol. The van der Waals surface area contributed by atoms with E-state index in [0.717, 1.165) is 28.0 Å². The largest absolute Gasteiger partial charge is 0.272 e. The van der Waals surface area contributed by atoms with Gasteiger partial charge in [-0.15, -0.1) is 0 Å². The van der Waals surface area contributed by atoms with E-state index in [1.807, 2.05) is 50.2 Å². The summed E-state index contributed by atoms with van der Waals surface area (Å²) in [6, 6.07) is 17.3. The third-order valence-electron chi connectivity index (χ3n) is 4.69. The average molecular weight is 450 g/mol. The third-order valence-corrected chi connectivity index (χ3v) is 5.62. The molecule has 0 spiro atoms. The van der Waals surface area contributed by atoms with Crippen LogP contribution in [0.25, 0.3) is 16.8 Å². The standard InChI is InChI=1S/C23H20FN5O2S/c1-14-12-15(2)28-29-21(14)20(16-8-4-3-5-9-16)25-23(29)32-13-19(30)26-27-22(31)17-10-6-7-11-18(17)24/h3-12H,13H2,1-2H3,(H,26,30)(H,27,31). The van der Waals surface area contributed by atoms with E-state index in [4.69, 9.17) is 4.98 Å². The van der Waals surface area contributed by atoms with Gasteiger partial charge in [-0.1, -0.05) is 54.2 Å². The molecule has 2 N–H and O–H groups in total. The van der Waals surface area contributed by atoms with Gasteiger partial charge < -0.3 is 0 Å². The van der Waals surface area contributed by atoms with Crippen molar-refractivity contribution in [3.63, 3.8) is 0 Å². The fraction of sp³-hybridized carbons (Fsp3) is 0.130. The molecule has 0 fully saturated rings. The lowest BCUT2D eigenvalue weighted by Gasteiger charge is -2.08. The number of aromatic nitrogens is 3. The zero-order chi connectivity index (χ0) is 22.7. The Bertz CT molecular complexity index is 1310. The molecule has 0 aliphatic carbocycles. The Balaban J connectivity index is 1.50. The number of nitrogens with one attached hydrogen (secondary N) is 2. The summed E-state index contributed by atoms with van der Waals surface area (Å²) in [5.41, 5.74) is 8.84. The number of rotatable bonds is 5. The summed E-state index contributed by atoms with van der Waals surface area (Å²) >= 11 is 1.19. The number of hydrogen-bond acceptors (Lipinski definition) is 5. The van der Waals surface area contributed by atoms with Crippen LogP contribution in [0.2, 0.25) is 0 Å². The molecule has 0 atom stereocenters. The summed E-state index contributed by atoms with van der Waals surface area (Å²) in [4.78, 5) is 29.1. The molecule has 0 unspecified atom stereocenters. The van der Waals surface area contributed by atoms with Crippen LogP contribution in [0.15, 0.2) is 65.8 Å². The van der Waals surface area contributed by atoms with Crippen LogP contribution in [0, 0.1) is 19.7 Å². The van der Waals surface area contributed by atoms with Gasteiger partial charge in [0.25, 0.3) is 5.91 Å². The summed E-state index contributed by atoms with van der Waals surface area (Å²) in [7, 11) is 0. The number of amides is 2. The highest BCUT2D eigenvalue weighted by Gasteiger charge is 2.18. The number of carbonyl (C=O) groups is 2. The third kappa shape index (κ3) is 4.47. The Morgan fingerprint density at radius 1 is 1.03 bits per heavy atom. The Hall–Kier alpha value is -3.72. The summed E-state index contributed by atoms with van der Waals surface area (Å²) in [5, 5.41) is 5.13. The van der Waals surface area contributed by atoms with Crippen molar-refractivity contribution in [3.8, 4) is 11.3 Å². The fourth-order valence-electron chi connectivity index (χ4n) is 3.30. The van der Waals surface area contributed by atoms with Gasteiger partial charge in [0.1, 0.15) is 5.82 Å². The summed E-state index contributed by atoms with van der Waals surface area (Å²) < 4.78 is 15.4. The van der Waals surface area contributed by atoms with E-state index < -0.39 is 17.6 Å². The topological polar surface area (TPSA) is 88.4 Å². The van der Waals surface area contributed by atoms with Gasteiger partial charge in [0.2, 0.25) is 5.91 Å². The molecular weight excluding hydrogens is 429 g/mol. The highest BCUT2D eigenvalue weighted by molar-refractivity contribution is 7.99. The summed E-state index contributed by atoms with van der Waals surface area (Å²) in [6.07, 6.45) is 0. The molecule has 0 saturated heterocycles. The molecule has 0 saturated carbocycles. The van der Waals surface area contributed by atoms with Crippen LogP contribution in [0.4, 0.5) is 4.39 Å². The molecule has 0 bridgehead atoms. The Kier molecular flexibility index (Phi) is 6.18. The molecule has 2 amide bonds. The second-order valence-electron chi connectivity index (χ2n) is 7.11. The van der Waals surface area contributed by atoms with Gasteiger partial charge in [-0.25, -0.2) is 13.9 Å². The van der Waals surface area contributed by atoms with E-state index in [9.17, 15) is 14.0 Å². The number of carbonyl (C=O) groups excluding carboxylic acids is 2. The van der Waals surface area contributed by atoms with Crippen LogP contribution >= 0.6 is 11.8 Å². The van der Waals surface area contributed by atoms with Gasteiger partial charge in [-0.05, 0) is 37.6 Å². The molecule has 2 aromatic heterocycles. The number of imidazole rings is 1. The smallest absolute Gasteiger partial charge is 0.272 e. The normalized spacial score (nSPS) is 10.8. The second-order valence-corrected chi connectivity index (χ2v) is 8.05. The van der Waals surface area contributed by atoms with E-state index >= 15 is 0 Å². The van der Waals surface area contributed by atoms with Crippen LogP contribution in [-0.4, -0.2) is 32.2 Å². The van der Waals surface area contributed by atoms with Crippen molar-refractivity contribution in [2.24, 2.45) is 0 Å². The van der Waals surface area contributed by atoms with Gasteiger partial charge in [-0.3, -0.25) is 20.4 Å². The first-order valence-corrected chi connectivity index (χ1v) is 10.8. The van der Waals surface area contributed by atoms with Gasteiger partial charge in [-0.2, -0.15) is 5.10 Å². The maximum atomic E-state index is 13.7. The predicted octanol–water partition coefficient (Wildman–Crippen LogP) is 3.71. The first-order chi connectivity index (χ1) is 15.4. The highest BCUT2D eigenvalue weighted by Crippen LogP contribution is 2.30. The molecule has 4 rings (SSSR count). The van der Waals surface area contributed by atoms with Crippen LogP contribution in [-0.2, 0) is 4.79 Å². The lowest BCUT2D eigenvalue weighted by atomic mass is 10.1. The number of thioether (sulfide) groups is 1. The molecule has 2 heterocycles. The van der Waals surface area contributed by atoms with Crippen molar-refractivity contribution in [1.29, 1.82) is 0 Å². The molecule has 0 radical (unpaired) electrons. The van der Waals surface area contributed by atoms with Gasteiger partial charge in [0, 0.05) is 5.56 Å². The lowest BCUT2D eigenvalue weighted by molar-refractivity contribution is -0.119. The number of nitrogens with zero attached hydrogens (tertiary/aromatic N) is 3. The van der Waals surface area contributed by atoms with E-state index in [0.29, 0.717) is 5.16 Å². The van der Waals surface area contributed by atoms with Crippen LogP contribution in [0.5, 0.6) is 0 Å². The number of aryl methyl sites for hydroxylation is 2. The van der Waals surface area contributed by atoms with Crippen LogP contribution in [0.3, 0.4) is 0 Å². The van der Waals surface area contributed by atoms with Crippen molar-refractivity contribution in [2.45, 2.75) is 19.0 Å². The molecule has 9 heteroatoms. The molecule has 162 valence electrons. The first-order valence-electron chi connectivity index (χ1n) is 9.83. The van der Waals surface area contributed by atoms with Crippen molar-refractivity contribution >= 4 is 29.1 Å². The minimum Gasteiger partial charge on any atom is -0.272 e. The SMILES string of the molecule is Cc1cc(C)c2c(-c3ccccc3)nc(SCC(=O)NNC(=O)c3ccccc3F)n2n1. The van der Waals surface area contributed by atoms with E-state index in [1.54, 1.807) is 10.6 Å². The monoisotopic (exact) mass is 449 g/mol. The Morgan fingerprint density at radius 2 is 1.75 bits per heavy atom. The van der Waals surface area contributed by atoms with Crippen molar-refractivity contribution < 1.29 is 14.0 Å². The van der Waals surface area contributed by atoms with Crippen LogP contribution < -0.4 is 10.9 Å². The maximum Gasteiger partial charge on any atom is 0.272 e.